The molecule has 2 N–H and O–H groups in total. The third-order valence-electron chi connectivity index (χ3n) is 3.92. The number of fused-ring (bicyclic) bond motifs is 5. The molecule has 0 fully saturated rings. The predicted molar refractivity (Wildman–Crippen MR) is 117 cm³/mol. The molecule has 2 heteroatoms. The van der Waals surface area contributed by atoms with Crippen LogP contribution in [0.3, 0.4) is 0 Å². The Morgan fingerprint density at radius 1 is 0.500 bits per heavy atom. The van der Waals surface area contributed by atoms with Crippen molar-refractivity contribution < 1.29 is 0 Å². The molecule has 0 saturated heterocycles. The fraction of sp³-hybridized carbons (Fsp3) is 0.250. The van der Waals surface area contributed by atoms with Crippen LogP contribution in [0, 0.1) is 10.8 Å². The van der Waals surface area contributed by atoms with E-state index in [1.54, 1.807) is 0 Å². The Labute approximate surface area is 157 Å². The van der Waals surface area contributed by atoms with E-state index in [2.05, 4.69) is 12.1 Å². The monoisotopic (exact) mass is 346 g/mol. The maximum absolute atomic E-state index is 8.36. The first-order chi connectivity index (χ1) is 12.8. The van der Waals surface area contributed by atoms with Gasteiger partial charge in [0.25, 0.3) is 0 Å². The molecule has 26 heavy (non-hydrogen) atoms. The number of nitrogens with one attached hydrogen (secondary N) is 2. The average molecular weight is 347 g/mol. The van der Waals surface area contributed by atoms with Gasteiger partial charge in [0.2, 0.25) is 0 Å². The second-order valence-electron chi connectivity index (χ2n) is 5.00. The summed E-state index contributed by atoms with van der Waals surface area (Å²) in [5, 5.41) is 18.8. The van der Waals surface area contributed by atoms with Gasteiger partial charge in [0.1, 0.15) is 0 Å². The van der Waals surface area contributed by atoms with Crippen LogP contribution in [0.4, 0.5) is 0 Å². The Morgan fingerprint density at radius 3 is 1.69 bits per heavy atom. The van der Waals surface area contributed by atoms with Crippen LogP contribution in [-0.4, -0.2) is 11.4 Å². The fourth-order valence-electron chi connectivity index (χ4n) is 2.96. The molecule has 0 unspecified atom stereocenters. The van der Waals surface area contributed by atoms with Crippen LogP contribution in [0.2, 0.25) is 0 Å². The zero-order chi connectivity index (χ0) is 19.7. The molecule has 1 aliphatic carbocycles. The van der Waals surface area contributed by atoms with Crippen LogP contribution in [0.1, 0.15) is 52.7 Å². The molecule has 3 aromatic rings. The predicted octanol–water partition coefficient (Wildman–Crippen LogP) is 7.33. The molecule has 0 atom stereocenters. The van der Waals surface area contributed by atoms with Crippen molar-refractivity contribution >= 4 is 22.2 Å². The molecular formula is C24H30N2. The van der Waals surface area contributed by atoms with E-state index >= 15 is 0 Å². The molecule has 0 aliphatic heterocycles. The van der Waals surface area contributed by atoms with E-state index < -0.39 is 0 Å². The molecule has 0 aromatic heterocycles. The van der Waals surface area contributed by atoms with Crippen LogP contribution in [0.15, 0.2) is 60.7 Å². The van der Waals surface area contributed by atoms with Crippen molar-refractivity contribution in [1.29, 1.82) is 10.8 Å². The normalized spacial score (nSPS) is 10.8. The van der Waals surface area contributed by atoms with Gasteiger partial charge in [-0.3, -0.25) is 10.8 Å². The SMILES string of the molecule is CC.CC.CC.N=C1C(=N)c2c(ccc3ccccc23)-c2ccccc21. The van der Waals surface area contributed by atoms with E-state index in [9.17, 15) is 0 Å². The summed E-state index contributed by atoms with van der Waals surface area (Å²) in [6.07, 6.45) is 0. The van der Waals surface area contributed by atoms with Crippen molar-refractivity contribution in [3.05, 3.63) is 71.8 Å². The summed E-state index contributed by atoms with van der Waals surface area (Å²) >= 11 is 0. The van der Waals surface area contributed by atoms with E-state index in [-0.39, 0.29) is 0 Å². The Balaban J connectivity index is 0.000000515. The van der Waals surface area contributed by atoms with Gasteiger partial charge in [-0.1, -0.05) is 102 Å². The van der Waals surface area contributed by atoms with Gasteiger partial charge in [0, 0.05) is 11.1 Å². The first-order valence-corrected chi connectivity index (χ1v) is 9.57. The third kappa shape index (κ3) is 3.75. The van der Waals surface area contributed by atoms with E-state index in [1.807, 2.05) is 90.1 Å². The molecule has 0 heterocycles. The lowest BCUT2D eigenvalue weighted by atomic mass is 9.81. The summed E-state index contributed by atoms with van der Waals surface area (Å²) in [5.74, 6) is 0. The zero-order valence-electron chi connectivity index (χ0n) is 16.8. The van der Waals surface area contributed by atoms with Gasteiger partial charge < -0.3 is 0 Å². The molecule has 1 aliphatic rings. The number of hydrogen-bond acceptors (Lipinski definition) is 2. The first-order valence-electron chi connectivity index (χ1n) is 9.57. The molecule has 2 nitrogen and oxygen atoms in total. The lowest BCUT2D eigenvalue weighted by Crippen LogP contribution is -2.21. The van der Waals surface area contributed by atoms with Gasteiger partial charge in [0.15, 0.2) is 0 Å². The van der Waals surface area contributed by atoms with Gasteiger partial charge >= 0.3 is 0 Å². The minimum atomic E-state index is 0.310. The summed E-state index contributed by atoms with van der Waals surface area (Å²) in [6, 6.07) is 20.1. The highest BCUT2D eigenvalue weighted by Crippen LogP contribution is 2.37. The Bertz CT molecular complexity index is 892. The van der Waals surface area contributed by atoms with Crippen LogP contribution < -0.4 is 0 Å². The van der Waals surface area contributed by atoms with Crippen LogP contribution in [-0.2, 0) is 0 Å². The van der Waals surface area contributed by atoms with Crippen LogP contribution in [0.5, 0.6) is 0 Å². The Morgan fingerprint density at radius 2 is 1.04 bits per heavy atom. The summed E-state index contributed by atoms with van der Waals surface area (Å²) in [4.78, 5) is 0. The zero-order valence-corrected chi connectivity index (χ0v) is 16.8. The van der Waals surface area contributed by atoms with Gasteiger partial charge in [-0.25, -0.2) is 0 Å². The lowest BCUT2D eigenvalue weighted by molar-refractivity contribution is 1.43. The van der Waals surface area contributed by atoms with Gasteiger partial charge in [-0.15, -0.1) is 0 Å². The van der Waals surface area contributed by atoms with Gasteiger partial charge in [0.05, 0.1) is 11.4 Å². The second kappa shape index (κ2) is 10.3. The van der Waals surface area contributed by atoms with Crippen molar-refractivity contribution in [3.63, 3.8) is 0 Å². The van der Waals surface area contributed by atoms with Crippen molar-refractivity contribution in [1.82, 2.24) is 0 Å². The highest BCUT2D eigenvalue weighted by Gasteiger charge is 2.25. The maximum Gasteiger partial charge on any atom is 0.0880 e. The molecule has 4 rings (SSSR count). The Hall–Kier alpha value is -2.74. The molecule has 0 spiro atoms. The number of rotatable bonds is 0. The van der Waals surface area contributed by atoms with E-state index in [1.165, 1.54) is 0 Å². The average Bonchev–Trinajstić information content (AvgIpc) is 2.75. The van der Waals surface area contributed by atoms with E-state index in [0.29, 0.717) is 11.4 Å². The lowest BCUT2D eigenvalue weighted by Gasteiger charge is -2.22. The summed E-state index contributed by atoms with van der Waals surface area (Å²) in [6.45, 7) is 12.0. The van der Waals surface area contributed by atoms with E-state index in [0.717, 1.165) is 33.0 Å². The largest absolute Gasteiger partial charge is 0.298 e. The Kier molecular flexibility index (Phi) is 8.44. The molecule has 0 amide bonds. The molecule has 0 saturated carbocycles. The summed E-state index contributed by atoms with van der Waals surface area (Å²) < 4.78 is 0. The van der Waals surface area contributed by atoms with Crippen LogP contribution in [0.25, 0.3) is 21.9 Å². The van der Waals surface area contributed by atoms with Crippen molar-refractivity contribution in [2.24, 2.45) is 0 Å². The van der Waals surface area contributed by atoms with Gasteiger partial charge in [-0.2, -0.15) is 0 Å². The minimum absolute atomic E-state index is 0.310. The van der Waals surface area contributed by atoms with Crippen molar-refractivity contribution in [3.8, 4) is 11.1 Å². The summed E-state index contributed by atoms with van der Waals surface area (Å²) in [5.41, 5.74) is 4.46. The van der Waals surface area contributed by atoms with Crippen LogP contribution >= 0.6 is 0 Å². The topological polar surface area (TPSA) is 47.7 Å². The quantitative estimate of drug-likeness (QED) is 0.428. The third-order valence-corrected chi connectivity index (χ3v) is 3.92. The fourth-order valence-corrected chi connectivity index (χ4v) is 2.96. The highest BCUT2D eigenvalue weighted by atomic mass is 14.6. The maximum atomic E-state index is 8.36. The smallest absolute Gasteiger partial charge is 0.0880 e. The molecule has 136 valence electrons. The molecular weight excluding hydrogens is 316 g/mol. The summed E-state index contributed by atoms with van der Waals surface area (Å²) in [7, 11) is 0. The minimum Gasteiger partial charge on any atom is -0.298 e. The standard InChI is InChI=1S/C18H12N2.3C2H6/c19-17-15-8-4-3-7-13(15)14-10-9-11-5-1-2-6-12(11)16(14)18(17)20;3*1-2/h1-10,19-20H;3*1-2H3. The van der Waals surface area contributed by atoms with Gasteiger partial charge in [-0.05, 0) is 21.9 Å². The van der Waals surface area contributed by atoms with Crippen molar-refractivity contribution in [2.45, 2.75) is 41.5 Å². The second-order valence-corrected chi connectivity index (χ2v) is 5.00. The number of benzene rings is 3. The van der Waals surface area contributed by atoms with E-state index in [4.69, 9.17) is 10.8 Å². The highest BCUT2D eigenvalue weighted by molar-refractivity contribution is 6.56. The van der Waals surface area contributed by atoms with Crippen molar-refractivity contribution in [2.75, 3.05) is 0 Å². The first kappa shape index (κ1) is 21.3. The number of hydrogen-bond donors (Lipinski definition) is 2. The molecule has 0 radical (unpaired) electrons. The molecule has 0 bridgehead atoms. The molecule has 3 aromatic carbocycles.